The van der Waals surface area contributed by atoms with Gasteiger partial charge in [-0.05, 0) is 52.9 Å². The molecule has 0 aliphatic heterocycles. The summed E-state index contributed by atoms with van der Waals surface area (Å²) in [6, 6.07) is 19.1. The Kier molecular flexibility index (Phi) is 4.72. The number of benzene rings is 3. The molecule has 1 amide bonds. The summed E-state index contributed by atoms with van der Waals surface area (Å²) in [4.78, 5) is 24.2. The number of esters is 1. The fraction of sp³-hybridized carbons (Fsp3) is 0.217. The number of phenols is 1. The molecule has 1 saturated carbocycles. The zero-order valence-corrected chi connectivity index (χ0v) is 15.9. The van der Waals surface area contributed by atoms with Gasteiger partial charge in [0.15, 0.2) is 0 Å². The van der Waals surface area contributed by atoms with Crippen LogP contribution in [0.3, 0.4) is 0 Å². The second-order valence-electron chi connectivity index (χ2n) is 7.47. The summed E-state index contributed by atoms with van der Waals surface area (Å²) in [5, 5.41) is 21.5. The second-order valence-corrected chi connectivity index (χ2v) is 7.47. The van der Waals surface area contributed by atoms with Crippen LogP contribution in [0.2, 0.25) is 0 Å². The van der Waals surface area contributed by atoms with Crippen molar-refractivity contribution in [2.75, 3.05) is 7.11 Å². The third-order valence-corrected chi connectivity index (χ3v) is 5.73. The van der Waals surface area contributed by atoms with E-state index in [-0.39, 0.29) is 12.2 Å². The Hall–Kier alpha value is -3.38. The van der Waals surface area contributed by atoms with Crippen LogP contribution in [0, 0.1) is 11.3 Å². The van der Waals surface area contributed by atoms with Crippen molar-refractivity contribution in [2.45, 2.75) is 12.8 Å². The molecule has 6 heteroatoms. The molecule has 6 nitrogen and oxygen atoms in total. The summed E-state index contributed by atoms with van der Waals surface area (Å²) in [7, 11) is 1.29. The lowest BCUT2D eigenvalue weighted by molar-refractivity contribution is -0.149. The molecule has 0 spiro atoms. The van der Waals surface area contributed by atoms with Gasteiger partial charge in [-0.1, -0.05) is 42.5 Å². The minimum absolute atomic E-state index is 0.136. The first-order chi connectivity index (χ1) is 14.0. The summed E-state index contributed by atoms with van der Waals surface area (Å²) in [6.07, 6.45) is 0.580. The highest BCUT2D eigenvalue weighted by molar-refractivity contribution is 5.93. The smallest absolute Gasteiger partial charge is 0.312 e. The predicted molar refractivity (Wildman–Crippen MR) is 107 cm³/mol. The third-order valence-electron chi connectivity index (χ3n) is 5.73. The van der Waals surface area contributed by atoms with Crippen LogP contribution in [-0.4, -0.2) is 29.3 Å². The molecule has 0 bridgehead atoms. The number of carbonyl (C=O) groups is 2. The summed E-state index contributed by atoms with van der Waals surface area (Å²) in [6.45, 7) is 0. The van der Waals surface area contributed by atoms with E-state index < -0.39 is 23.2 Å². The van der Waals surface area contributed by atoms with Crippen molar-refractivity contribution < 1.29 is 24.6 Å². The van der Waals surface area contributed by atoms with E-state index in [4.69, 9.17) is 9.94 Å². The quantitative estimate of drug-likeness (QED) is 0.352. The number of amides is 1. The molecule has 1 aliphatic rings. The van der Waals surface area contributed by atoms with Crippen molar-refractivity contribution in [2.24, 2.45) is 11.3 Å². The Morgan fingerprint density at radius 2 is 1.86 bits per heavy atom. The van der Waals surface area contributed by atoms with Crippen LogP contribution >= 0.6 is 0 Å². The number of nitrogens with one attached hydrogen (secondary N) is 1. The van der Waals surface area contributed by atoms with Gasteiger partial charge in [0.25, 0.3) is 0 Å². The van der Waals surface area contributed by atoms with E-state index in [2.05, 4.69) is 0 Å². The Bertz CT molecular complexity index is 1110. The Balaban J connectivity index is 1.69. The normalized spacial score (nSPS) is 20.3. The fourth-order valence-electron chi connectivity index (χ4n) is 4.07. The van der Waals surface area contributed by atoms with Gasteiger partial charge in [-0.2, -0.15) is 0 Å². The maximum absolute atomic E-state index is 12.4. The van der Waals surface area contributed by atoms with Crippen molar-refractivity contribution in [1.29, 1.82) is 0 Å². The van der Waals surface area contributed by atoms with Crippen LogP contribution in [0.5, 0.6) is 5.75 Å². The van der Waals surface area contributed by atoms with Gasteiger partial charge in [-0.3, -0.25) is 14.8 Å². The summed E-state index contributed by atoms with van der Waals surface area (Å²) in [5.74, 6) is -1.58. The van der Waals surface area contributed by atoms with Crippen LogP contribution in [-0.2, 0) is 20.7 Å². The number of phenolic OH excluding ortho intramolecular Hbond substituents is 1. The van der Waals surface area contributed by atoms with Gasteiger partial charge in [0.2, 0.25) is 5.91 Å². The van der Waals surface area contributed by atoms with Crippen molar-refractivity contribution >= 4 is 22.6 Å². The van der Waals surface area contributed by atoms with Crippen LogP contribution in [0.25, 0.3) is 21.9 Å². The topological polar surface area (TPSA) is 95.9 Å². The lowest BCUT2D eigenvalue weighted by atomic mass is 9.91. The zero-order valence-electron chi connectivity index (χ0n) is 15.9. The van der Waals surface area contributed by atoms with Gasteiger partial charge >= 0.3 is 5.97 Å². The van der Waals surface area contributed by atoms with Gasteiger partial charge in [0, 0.05) is 5.56 Å². The van der Waals surface area contributed by atoms with Crippen LogP contribution in [0.15, 0.2) is 60.7 Å². The first-order valence-corrected chi connectivity index (χ1v) is 9.32. The molecular weight excluding hydrogens is 370 g/mol. The van der Waals surface area contributed by atoms with Crippen molar-refractivity contribution in [3.63, 3.8) is 0 Å². The predicted octanol–water partition coefficient (Wildman–Crippen LogP) is 3.44. The van der Waals surface area contributed by atoms with Crippen molar-refractivity contribution in [3.8, 4) is 16.9 Å². The maximum atomic E-state index is 12.4. The number of hydroxylamine groups is 1. The highest BCUT2D eigenvalue weighted by Gasteiger charge is 2.64. The molecule has 148 valence electrons. The first kappa shape index (κ1) is 19.0. The molecule has 2 atom stereocenters. The molecule has 0 aromatic heterocycles. The van der Waals surface area contributed by atoms with E-state index in [9.17, 15) is 14.7 Å². The monoisotopic (exact) mass is 391 g/mol. The van der Waals surface area contributed by atoms with Gasteiger partial charge in [0.1, 0.15) is 5.75 Å². The maximum Gasteiger partial charge on any atom is 0.312 e. The van der Waals surface area contributed by atoms with E-state index in [0.717, 1.165) is 21.9 Å². The largest absolute Gasteiger partial charge is 0.507 e. The SMILES string of the molecule is COC(=O)[C@@]1(Cc2ccc(O)c(-c3ccc4ccccc4c3)c2)C[C@@H]1C(=O)NO. The van der Waals surface area contributed by atoms with E-state index in [1.165, 1.54) is 7.11 Å². The number of fused-ring (bicyclic) bond motifs is 1. The van der Waals surface area contributed by atoms with Gasteiger partial charge in [0.05, 0.1) is 18.4 Å². The number of hydrogen-bond donors (Lipinski definition) is 3. The number of ether oxygens (including phenoxy) is 1. The number of carbonyl (C=O) groups excluding carboxylic acids is 2. The molecule has 3 aromatic carbocycles. The Labute approximate surface area is 167 Å². The van der Waals surface area contributed by atoms with E-state index in [0.29, 0.717) is 12.0 Å². The summed E-state index contributed by atoms with van der Waals surface area (Å²) < 4.78 is 4.91. The van der Waals surface area contributed by atoms with Gasteiger partial charge in [-0.15, -0.1) is 0 Å². The highest BCUT2D eigenvalue weighted by atomic mass is 16.5. The Morgan fingerprint density at radius 3 is 2.59 bits per heavy atom. The number of aromatic hydroxyl groups is 1. The third kappa shape index (κ3) is 3.32. The standard InChI is InChI=1S/C23H21NO5/c1-29-22(27)23(13-19(23)21(26)24-28)12-14-6-9-20(25)18(10-14)17-8-7-15-4-2-3-5-16(15)11-17/h2-11,19,25,28H,12-13H2,1H3,(H,24,26)/t19-,23+/m1/s1. The molecule has 3 aromatic rings. The molecule has 29 heavy (non-hydrogen) atoms. The number of rotatable bonds is 5. The molecule has 4 rings (SSSR count). The molecule has 0 unspecified atom stereocenters. The van der Waals surface area contributed by atoms with Crippen molar-refractivity contribution in [3.05, 3.63) is 66.2 Å². The van der Waals surface area contributed by atoms with E-state index in [1.54, 1.807) is 17.6 Å². The minimum Gasteiger partial charge on any atom is -0.507 e. The number of hydrogen-bond acceptors (Lipinski definition) is 5. The average molecular weight is 391 g/mol. The minimum atomic E-state index is -1.00. The van der Waals surface area contributed by atoms with Gasteiger partial charge < -0.3 is 9.84 Å². The zero-order chi connectivity index (χ0) is 20.6. The van der Waals surface area contributed by atoms with Crippen LogP contribution < -0.4 is 5.48 Å². The van der Waals surface area contributed by atoms with Crippen molar-refractivity contribution in [1.82, 2.24) is 5.48 Å². The molecule has 3 N–H and O–H groups in total. The molecular formula is C23H21NO5. The van der Waals surface area contributed by atoms with E-state index in [1.807, 2.05) is 48.5 Å². The lowest BCUT2D eigenvalue weighted by Crippen LogP contribution is -2.30. The van der Waals surface area contributed by atoms with Gasteiger partial charge in [-0.25, -0.2) is 5.48 Å². The molecule has 0 heterocycles. The molecule has 0 radical (unpaired) electrons. The molecule has 1 aliphatic carbocycles. The lowest BCUT2D eigenvalue weighted by Gasteiger charge is -2.16. The molecule has 1 fully saturated rings. The van der Waals surface area contributed by atoms with E-state index >= 15 is 0 Å². The van der Waals surface area contributed by atoms with Crippen LogP contribution in [0.4, 0.5) is 0 Å². The summed E-state index contributed by atoms with van der Waals surface area (Å²) >= 11 is 0. The fourth-order valence-corrected chi connectivity index (χ4v) is 4.07. The average Bonchev–Trinajstić information content (AvgIpc) is 3.48. The molecule has 0 saturated heterocycles. The number of methoxy groups -OCH3 is 1. The first-order valence-electron chi connectivity index (χ1n) is 9.32. The highest BCUT2D eigenvalue weighted by Crippen LogP contribution is 2.56. The second kappa shape index (κ2) is 7.22. The summed E-state index contributed by atoms with van der Waals surface area (Å²) in [5.41, 5.74) is 2.93. The Morgan fingerprint density at radius 1 is 1.10 bits per heavy atom. The van der Waals surface area contributed by atoms with Crippen LogP contribution in [0.1, 0.15) is 12.0 Å².